The molecule has 0 fully saturated rings. The van der Waals surface area contributed by atoms with Crippen molar-refractivity contribution in [1.29, 1.82) is 0 Å². The summed E-state index contributed by atoms with van der Waals surface area (Å²) in [5.74, 6) is 0.107. The zero-order chi connectivity index (χ0) is 11.5. The van der Waals surface area contributed by atoms with Gasteiger partial charge < -0.3 is 9.84 Å². The quantitative estimate of drug-likeness (QED) is 0.942. The van der Waals surface area contributed by atoms with E-state index in [2.05, 4.69) is 31.4 Å². The Labute approximate surface area is 100.0 Å². The number of hydrogen-bond donors (Lipinski definition) is 1. The summed E-state index contributed by atoms with van der Waals surface area (Å²) >= 11 is 3.10. The lowest BCUT2D eigenvalue weighted by atomic mass is 10.2. The lowest BCUT2D eigenvalue weighted by molar-refractivity contribution is 0.432. The van der Waals surface area contributed by atoms with E-state index in [4.69, 9.17) is 4.52 Å². The highest BCUT2D eigenvalue weighted by Gasteiger charge is 2.09. The first kappa shape index (κ1) is 11.1. The fourth-order valence-electron chi connectivity index (χ4n) is 1.20. The van der Waals surface area contributed by atoms with E-state index in [1.54, 1.807) is 12.1 Å². The summed E-state index contributed by atoms with van der Waals surface area (Å²) in [5, 5.41) is 6.68. The topological polar surface area (TPSA) is 51.0 Å². The van der Waals surface area contributed by atoms with Crippen molar-refractivity contribution >= 4 is 21.9 Å². The zero-order valence-electron chi connectivity index (χ0n) is 8.50. The van der Waals surface area contributed by atoms with E-state index in [1.807, 2.05) is 6.92 Å². The maximum absolute atomic E-state index is 13.0. The van der Waals surface area contributed by atoms with Gasteiger partial charge in [-0.05, 0) is 41.1 Å². The molecule has 2 aromatic rings. The Balaban J connectivity index is 2.31. The smallest absolute Gasteiger partial charge is 0.321 e. The van der Waals surface area contributed by atoms with E-state index >= 15 is 0 Å². The molecule has 0 spiro atoms. The third-order valence-electron chi connectivity index (χ3n) is 1.93. The maximum Gasteiger partial charge on any atom is 0.321 e. The lowest BCUT2D eigenvalue weighted by Gasteiger charge is -1.96. The van der Waals surface area contributed by atoms with Crippen LogP contribution < -0.4 is 5.32 Å². The van der Waals surface area contributed by atoms with Gasteiger partial charge in [0.2, 0.25) is 5.82 Å². The largest absolute Gasteiger partial charge is 0.338 e. The SMILES string of the molecule is CCNc1nc(-c2ccc(F)c(Br)c2)no1. The van der Waals surface area contributed by atoms with Gasteiger partial charge in [-0.25, -0.2) is 4.39 Å². The summed E-state index contributed by atoms with van der Waals surface area (Å²) in [4.78, 5) is 4.11. The molecule has 2 rings (SSSR count). The minimum atomic E-state index is -0.320. The van der Waals surface area contributed by atoms with Gasteiger partial charge >= 0.3 is 6.01 Å². The molecule has 0 bridgehead atoms. The second kappa shape index (κ2) is 4.61. The molecular formula is C10H9BrFN3O. The van der Waals surface area contributed by atoms with Gasteiger partial charge in [-0.15, -0.1) is 0 Å². The summed E-state index contributed by atoms with van der Waals surface area (Å²) in [6.07, 6.45) is 0. The minimum absolute atomic E-state index is 0.320. The van der Waals surface area contributed by atoms with Crippen LogP contribution in [0.3, 0.4) is 0 Å². The molecule has 0 saturated heterocycles. The highest BCUT2D eigenvalue weighted by Crippen LogP contribution is 2.23. The molecule has 0 aliphatic carbocycles. The lowest BCUT2D eigenvalue weighted by Crippen LogP contribution is -1.95. The van der Waals surface area contributed by atoms with Gasteiger partial charge in [0.1, 0.15) is 5.82 Å². The average molecular weight is 286 g/mol. The molecule has 1 aromatic heterocycles. The van der Waals surface area contributed by atoms with E-state index in [9.17, 15) is 4.39 Å². The molecule has 0 aliphatic rings. The Kier molecular flexibility index (Phi) is 3.19. The van der Waals surface area contributed by atoms with Crippen LogP contribution >= 0.6 is 15.9 Å². The van der Waals surface area contributed by atoms with E-state index in [-0.39, 0.29) is 5.82 Å². The minimum Gasteiger partial charge on any atom is -0.338 e. The van der Waals surface area contributed by atoms with Crippen molar-refractivity contribution < 1.29 is 8.91 Å². The fourth-order valence-corrected chi connectivity index (χ4v) is 1.58. The molecule has 0 saturated carbocycles. The third-order valence-corrected chi connectivity index (χ3v) is 2.54. The Morgan fingerprint density at radius 2 is 2.31 bits per heavy atom. The zero-order valence-corrected chi connectivity index (χ0v) is 10.1. The van der Waals surface area contributed by atoms with E-state index in [0.29, 0.717) is 28.4 Å². The molecule has 1 N–H and O–H groups in total. The first-order valence-electron chi connectivity index (χ1n) is 4.73. The highest BCUT2D eigenvalue weighted by atomic mass is 79.9. The van der Waals surface area contributed by atoms with Crippen molar-refractivity contribution in [2.24, 2.45) is 0 Å². The molecule has 0 atom stereocenters. The normalized spacial score (nSPS) is 10.4. The third kappa shape index (κ3) is 2.21. The summed E-state index contributed by atoms with van der Waals surface area (Å²) in [5.41, 5.74) is 0.696. The van der Waals surface area contributed by atoms with E-state index in [1.165, 1.54) is 6.07 Å². The molecule has 1 heterocycles. The number of halogens is 2. The first-order valence-corrected chi connectivity index (χ1v) is 5.53. The van der Waals surface area contributed by atoms with Crippen LogP contribution in [0.2, 0.25) is 0 Å². The molecular weight excluding hydrogens is 277 g/mol. The summed E-state index contributed by atoms with van der Waals surface area (Å²) < 4.78 is 18.3. The van der Waals surface area contributed by atoms with Crippen LogP contribution in [0.4, 0.5) is 10.4 Å². The Bertz CT molecular complexity index is 501. The number of nitrogens with zero attached hydrogens (tertiary/aromatic N) is 2. The van der Waals surface area contributed by atoms with Crippen LogP contribution in [0.25, 0.3) is 11.4 Å². The summed E-state index contributed by atoms with van der Waals surface area (Å²) in [7, 11) is 0. The van der Waals surface area contributed by atoms with Crippen LogP contribution in [-0.4, -0.2) is 16.7 Å². The van der Waals surface area contributed by atoms with Gasteiger partial charge in [0, 0.05) is 12.1 Å². The Hall–Kier alpha value is -1.43. The molecule has 16 heavy (non-hydrogen) atoms. The number of hydrogen-bond acceptors (Lipinski definition) is 4. The predicted octanol–water partition coefficient (Wildman–Crippen LogP) is 3.07. The van der Waals surface area contributed by atoms with Crippen molar-refractivity contribution in [3.8, 4) is 11.4 Å². The molecule has 0 unspecified atom stereocenters. The van der Waals surface area contributed by atoms with Crippen LogP contribution in [0.15, 0.2) is 27.2 Å². The van der Waals surface area contributed by atoms with Crippen molar-refractivity contribution in [2.45, 2.75) is 6.92 Å². The molecule has 84 valence electrons. The molecule has 0 radical (unpaired) electrons. The van der Waals surface area contributed by atoms with E-state index in [0.717, 1.165) is 0 Å². The summed E-state index contributed by atoms with van der Waals surface area (Å²) in [6.45, 7) is 2.63. The summed E-state index contributed by atoms with van der Waals surface area (Å²) in [6, 6.07) is 4.91. The van der Waals surface area contributed by atoms with Gasteiger partial charge in [-0.2, -0.15) is 4.98 Å². The molecule has 0 amide bonds. The van der Waals surface area contributed by atoms with Gasteiger partial charge in [0.25, 0.3) is 0 Å². The Morgan fingerprint density at radius 3 is 3.00 bits per heavy atom. The fraction of sp³-hybridized carbons (Fsp3) is 0.200. The van der Waals surface area contributed by atoms with Crippen molar-refractivity contribution in [2.75, 3.05) is 11.9 Å². The van der Waals surface area contributed by atoms with Gasteiger partial charge in [0.15, 0.2) is 0 Å². The standard InChI is InChI=1S/C10H9BrFN3O/c1-2-13-10-14-9(15-16-10)6-3-4-8(12)7(11)5-6/h3-5H,2H2,1H3,(H,13,14,15). The Morgan fingerprint density at radius 1 is 1.50 bits per heavy atom. The first-order chi connectivity index (χ1) is 7.70. The van der Waals surface area contributed by atoms with Crippen molar-refractivity contribution in [1.82, 2.24) is 10.1 Å². The monoisotopic (exact) mass is 285 g/mol. The molecule has 1 aromatic carbocycles. The predicted molar refractivity (Wildman–Crippen MR) is 61.6 cm³/mol. The van der Waals surface area contributed by atoms with Gasteiger partial charge in [-0.3, -0.25) is 0 Å². The second-order valence-corrected chi connectivity index (χ2v) is 3.94. The highest BCUT2D eigenvalue weighted by molar-refractivity contribution is 9.10. The average Bonchev–Trinajstić information content (AvgIpc) is 2.71. The van der Waals surface area contributed by atoms with Crippen LogP contribution in [0.1, 0.15) is 6.92 Å². The molecule has 4 nitrogen and oxygen atoms in total. The van der Waals surface area contributed by atoms with Crippen LogP contribution in [0.5, 0.6) is 0 Å². The van der Waals surface area contributed by atoms with Crippen LogP contribution in [0, 0.1) is 5.82 Å². The van der Waals surface area contributed by atoms with Crippen molar-refractivity contribution in [3.63, 3.8) is 0 Å². The second-order valence-electron chi connectivity index (χ2n) is 3.08. The molecule has 0 aliphatic heterocycles. The van der Waals surface area contributed by atoms with Gasteiger partial charge in [-0.1, -0.05) is 5.16 Å². The maximum atomic E-state index is 13.0. The number of anilines is 1. The number of benzene rings is 1. The number of aromatic nitrogens is 2. The van der Waals surface area contributed by atoms with Crippen LogP contribution in [-0.2, 0) is 0 Å². The number of nitrogens with one attached hydrogen (secondary N) is 1. The van der Waals surface area contributed by atoms with Gasteiger partial charge in [0.05, 0.1) is 4.47 Å². The van der Waals surface area contributed by atoms with E-state index < -0.39 is 0 Å². The number of rotatable bonds is 3. The van der Waals surface area contributed by atoms with Crippen molar-refractivity contribution in [3.05, 3.63) is 28.5 Å². The molecule has 6 heteroatoms.